The molecule has 4 unspecified atom stereocenters. The van der Waals surface area contributed by atoms with Gasteiger partial charge in [0.2, 0.25) is 6.54 Å². The highest BCUT2D eigenvalue weighted by Crippen LogP contribution is 2.42. The fourth-order valence-corrected chi connectivity index (χ4v) is 2.40. The van der Waals surface area contributed by atoms with Crippen molar-refractivity contribution in [3.05, 3.63) is 10.1 Å². The van der Waals surface area contributed by atoms with Crippen molar-refractivity contribution in [1.82, 2.24) is 0 Å². The van der Waals surface area contributed by atoms with Crippen LogP contribution in [0.25, 0.3) is 0 Å². The van der Waals surface area contributed by atoms with Gasteiger partial charge in [-0.2, -0.15) is 0 Å². The zero-order chi connectivity index (χ0) is 13.9. The first kappa shape index (κ1) is 14.4. The van der Waals surface area contributed by atoms with Crippen LogP contribution in [0.4, 0.5) is 0 Å². The highest BCUT2D eigenvalue weighted by Gasteiger charge is 2.55. The fraction of sp³-hybridized carbons (Fsp3) is 0.727. The first-order chi connectivity index (χ1) is 8.37. The third-order valence-electron chi connectivity index (χ3n) is 3.36. The Kier molecular flexibility index (Phi) is 4.27. The summed E-state index contributed by atoms with van der Waals surface area (Å²) in [6.45, 7) is -0.739. The average molecular weight is 257 g/mol. The average Bonchev–Trinajstić information content (AvgIpc) is 2.30. The van der Waals surface area contributed by atoms with Crippen LogP contribution in [0, 0.1) is 33.8 Å². The Morgan fingerprint density at radius 2 is 2.22 bits per heavy atom. The number of terminal acetylenes is 1. The summed E-state index contributed by atoms with van der Waals surface area (Å²) in [6, 6.07) is 0. The maximum absolute atomic E-state index is 11.7. The summed E-state index contributed by atoms with van der Waals surface area (Å²) in [5.74, 6) is 0.337. The Bertz CT molecular complexity index is 389. The number of hydrogen-bond donors (Lipinski definition) is 2. The zero-order valence-corrected chi connectivity index (χ0v) is 9.91. The van der Waals surface area contributed by atoms with E-state index in [1.54, 1.807) is 0 Å². The van der Waals surface area contributed by atoms with E-state index in [1.165, 1.54) is 0 Å². The summed E-state index contributed by atoms with van der Waals surface area (Å²) in [6.07, 6.45) is 2.90. The second-order valence-corrected chi connectivity index (χ2v) is 4.39. The van der Waals surface area contributed by atoms with Gasteiger partial charge in [-0.3, -0.25) is 14.9 Å². The number of esters is 1. The Labute approximate surface area is 104 Å². The molecule has 1 fully saturated rings. The molecular formula is C11H15NO6. The van der Waals surface area contributed by atoms with Crippen LogP contribution in [0.5, 0.6) is 0 Å². The Morgan fingerprint density at radius 1 is 1.61 bits per heavy atom. The molecule has 0 amide bonds. The molecule has 7 heteroatoms. The monoisotopic (exact) mass is 257 g/mol. The summed E-state index contributed by atoms with van der Waals surface area (Å²) in [5, 5.41) is 30.2. The second-order valence-electron chi connectivity index (χ2n) is 4.39. The van der Waals surface area contributed by atoms with E-state index in [-0.39, 0.29) is 12.8 Å². The molecule has 1 aliphatic carbocycles. The SMILES string of the molecule is C#CC1(C[N+](=O)[O-])C(O)CC(O)CC1C(=O)OC. The number of rotatable bonds is 3. The molecule has 0 aromatic rings. The minimum atomic E-state index is -1.63. The molecule has 1 aliphatic rings. The number of carbonyl (C=O) groups excluding carboxylic acids is 1. The number of ether oxygens (including phenoxy) is 1. The third-order valence-corrected chi connectivity index (χ3v) is 3.36. The third kappa shape index (κ3) is 2.44. The maximum atomic E-state index is 11.7. The topological polar surface area (TPSA) is 110 Å². The zero-order valence-electron chi connectivity index (χ0n) is 9.91. The lowest BCUT2D eigenvalue weighted by molar-refractivity contribution is -0.500. The van der Waals surface area contributed by atoms with Crippen molar-refractivity contribution in [2.45, 2.75) is 25.0 Å². The van der Waals surface area contributed by atoms with Crippen LogP contribution in [0.3, 0.4) is 0 Å². The molecule has 0 bridgehead atoms. The number of aliphatic hydroxyl groups is 2. The molecular weight excluding hydrogens is 242 g/mol. The van der Waals surface area contributed by atoms with Crippen LogP contribution in [0.15, 0.2) is 0 Å². The first-order valence-electron chi connectivity index (χ1n) is 5.41. The summed E-state index contributed by atoms with van der Waals surface area (Å²) in [4.78, 5) is 21.7. The number of methoxy groups -OCH3 is 1. The van der Waals surface area contributed by atoms with Gasteiger partial charge in [0.25, 0.3) is 0 Å². The van der Waals surface area contributed by atoms with E-state index >= 15 is 0 Å². The van der Waals surface area contributed by atoms with Gasteiger partial charge in [0.15, 0.2) is 0 Å². The maximum Gasteiger partial charge on any atom is 0.310 e. The van der Waals surface area contributed by atoms with Crippen molar-refractivity contribution in [2.75, 3.05) is 13.7 Å². The molecule has 0 spiro atoms. The Balaban J connectivity index is 3.17. The van der Waals surface area contributed by atoms with Gasteiger partial charge in [-0.15, -0.1) is 6.42 Å². The van der Waals surface area contributed by atoms with Gasteiger partial charge < -0.3 is 14.9 Å². The Morgan fingerprint density at radius 3 is 2.67 bits per heavy atom. The molecule has 0 radical (unpaired) electrons. The normalized spacial score (nSPS) is 35.6. The molecule has 2 N–H and O–H groups in total. The van der Waals surface area contributed by atoms with Gasteiger partial charge in [0, 0.05) is 11.3 Å². The molecule has 0 aromatic heterocycles. The largest absolute Gasteiger partial charge is 0.469 e. The number of nitro groups is 1. The molecule has 4 atom stereocenters. The highest BCUT2D eigenvalue weighted by molar-refractivity contribution is 5.74. The minimum Gasteiger partial charge on any atom is -0.469 e. The summed E-state index contributed by atoms with van der Waals surface area (Å²) in [7, 11) is 1.13. The predicted octanol–water partition coefficient (Wildman–Crippen LogP) is -0.813. The van der Waals surface area contributed by atoms with Gasteiger partial charge >= 0.3 is 5.97 Å². The molecule has 1 saturated carbocycles. The van der Waals surface area contributed by atoms with Crippen molar-refractivity contribution in [3.63, 3.8) is 0 Å². The van der Waals surface area contributed by atoms with E-state index in [2.05, 4.69) is 10.7 Å². The van der Waals surface area contributed by atoms with E-state index in [1.807, 2.05) is 0 Å². The highest BCUT2D eigenvalue weighted by atomic mass is 16.6. The second kappa shape index (κ2) is 5.33. The number of carbonyl (C=O) groups is 1. The number of hydrogen-bond acceptors (Lipinski definition) is 6. The lowest BCUT2D eigenvalue weighted by Gasteiger charge is -2.41. The predicted molar refractivity (Wildman–Crippen MR) is 59.9 cm³/mol. The molecule has 0 saturated heterocycles. The van der Waals surface area contributed by atoms with E-state index in [0.717, 1.165) is 7.11 Å². The molecule has 0 aromatic carbocycles. The van der Waals surface area contributed by atoms with E-state index < -0.39 is 41.0 Å². The first-order valence-corrected chi connectivity index (χ1v) is 5.41. The van der Waals surface area contributed by atoms with Crippen molar-refractivity contribution in [3.8, 4) is 12.3 Å². The minimum absolute atomic E-state index is 0.0538. The van der Waals surface area contributed by atoms with E-state index in [0.29, 0.717) is 0 Å². The van der Waals surface area contributed by atoms with E-state index in [4.69, 9.17) is 6.42 Å². The number of nitrogens with zero attached hydrogens (tertiary/aromatic N) is 1. The summed E-state index contributed by atoms with van der Waals surface area (Å²) < 4.78 is 4.55. The quantitative estimate of drug-likeness (QED) is 0.296. The van der Waals surface area contributed by atoms with Gasteiger partial charge in [-0.1, -0.05) is 5.92 Å². The van der Waals surface area contributed by atoms with Crippen LogP contribution < -0.4 is 0 Å². The Hall–Kier alpha value is -1.65. The lowest BCUT2D eigenvalue weighted by Crippen LogP contribution is -2.54. The number of aliphatic hydroxyl groups excluding tert-OH is 2. The van der Waals surface area contributed by atoms with Gasteiger partial charge in [-0.05, 0) is 6.42 Å². The smallest absolute Gasteiger partial charge is 0.310 e. The molecule has 100 valence electrons. The van der Waals surface area contributed by atoms with Gasteiger partial charge in [0.1, 0.15) is 5.41 Å². The van der Waals surface area contributed by atoms with Crippen LogP contribution in [-0.2, 0) is 9.53 Å². The van der Waals surface area contributed by atoms with Crippen LogP contribution in [-0.4, -0.2) is 47.0 Å². The van der Waals surface area contributed by atoms with Gasteiger partial charge in [-0.25, -0.2) is 0 Å². The van der Waals surface area contributed by atoms with E-state index in [9.17, 15) is 25.1 Å². The van der Waals surface area contributed by atoms with Crippen molar-refractivity contribution in [2.24, 2.45) is 11.3 Å². The van der Waals surface area contributed by atoms with Crippen LogP contribution >= 0.6 is 0 Å². The van der Waals surface area contributed by atoms with Crippen molar-refractivity contribution < 1.29 is 24.7 Å². The summed E-state index contributed by atoms with van der Waals surface area (Å²) in [5.41, 5.74) is -1.63. The molecule has 0 heterocycles. The summed E-state index contributed by atoms with van der Waals surface area (Å²) >= 11 is 0. The van der Waals surface area contributed by atoms with Crippen molar-refractivity contribution >= 4 is 5.97 Å². The van der Waals surface area contributed by atoms with Crippen LogP contribution in [0.1, 0.15) is 12.8 Å². The molecule has 1 rings (SSSR count). The fourth-order valence-electron chi connectivity index (χ4n) is 2.40. The van der Waals surface area contributed by atoms with Gasteiger partial charge in [0.05, 0.1) is 25.2 Å². The lowest BCUT2D eigenvalue weighted by atomic mass is 9.64. The standard InChI is InChI=1S/C11H15NO6/c1-3-11(6-12(16)17)8(10(15)18-2)4-7(13)5-9(11)14/h1,7-9,13-14H,4-6H2,2H3. The van der Waals surface area contributed by atoms with Crippen LogP contribution in [0.2, 0.25) is 0 Å². The molecule has 7 nitrogen and oxygen atoms in total. The molecule has 0 aliphatic heterocycles. The van der Waals surface area contributed by atoms with Crippen molar-refractivity contribution in [1.29, 1.82) is 0 Å². The molecule has 18 heavy (non-hydrogen) atoms.